The van der Waals surface area contributed by atoms with Gasteiger partial charge in [0.2, 0.25) is 0 Å². The van der Waals surface area contributed by atoms with Crippen LogP contribution in [0, 0.1) is 0 Å². The Morgan fingerprint density at radius 2 is 0.547 bits per heavy atom. The number of unbranched alkanes of at least 4 members (excludes halogenated alkanes) is 40. The van der Waals surface area contributed by atoms with Crippen molar-refractivity contribution in [1.29, 1.82) is 0 Å². The van der Waals surface area contributed by atoms with Crippen LogP contribution in [0.25, 0.3) is 0 Å². The number of rotatable bonds is 61. The van der Waals surface area contributed by atoms with Gasteiger partial charge in [-0.15, -0.1) is 0 Å². The van der Waals surface area contributed by atoms with Crippen molar-refractivity contribution < 1.29 is 61.5 Å². The van der Waals surface area contributed by atoms with Crippen LogP contribution in [0.1, 0.15) is 330 Å². The Morgan fingerprint density at radius 3 is 0.707 bits per heavy atom. The van der Waals surface area contributed by atoms with Crippen LogP contribution in [0.4, 0.5) is 0 Å². The molecular formula is C63H127O9P2Ti. The van der Waals surface area contributed by atoms with Gasteiger partial charge in [-0.2, -0.15) is 0 Å². The summed E-state index contributed by atoms with van der Waals surface area (Å²) in [5.74, 6) is -0.711. The third-order valence-corrected chi connectivity index (χ3v) is 16.1. The third-order valence-electron chi connectivity index (χ3n) is 14.0. The molecule has 447 valence electrons. The Kier molecular flexibility index (Phi) is 75.4. The molecule has 75 heavy (non-hydrogen) atoms. The van der Waals surface area contributed by atoms with E-state index in [2.05, 4.69) is 40.9 Å². The van der Waals surface area contributed by atoms with Gasteiger partial charge >= 0.3 is 104 Å². The molecule has 0 aromatic heterocycles. The van der Waals surface area contributed by atoms with Crippen LogP contribution in [0.5, 0.6) is 0 Å². The molecule has 0 aliphatic rings. The van der Waals surface area contributed by atoms with Gasteiger partial charge in [-0.1, -0.05) is 285 Å². The molecule has 0 spiro atoms. The summed E-state index contributed by atoms with van der Waals surface area (Å²) in [4.78, 5) is 23.4. The molecule has 0 aromatic rings. The Labute approximate surface area is 483 Å². The van der Waals surface area contributed by atoms with Crippen molar-refractivity contribution in [3.8, 4) is 0 Å². The fraction of sp³-hybridized carbons (Fsp3) is 0.937. The zero-order chi connectivity index (χ0) is 55.7. The van der Waals surface area contributed by atoms with Crippen LogP contribution in [0.2, 0.25) is 0 Å². The van der Waals surface area contributed by atoms with E-state index in [-0.39, 0.29) is 6.10 Å². The first-order valence-corrected chi connectivity index (χ1v) is 34.9. The average molecular weight is 1140 g/mol. The Hall–Kier alpha value is 0.694. The molecule has 0 heterocycles. The van der Waals surface area contributed by atoms with Crippen molar-refractivity contribution in [3.05, 3.63) is 25.3 Å². The van der Waals surface area contributed by atoms with E-state index < -0.39 is 23.0 Å². The van der Waals surface area contributed by atoms with Gasteiger partial charge in [0.15, 0.2) is 0 Å². The summed E-state index contributed by atoms with van der Waals surface area (Å²) in [7, 11) is -3.81. The predicted molar refractivity (Wildman–Crippen MR) is 319 cm³/mol. The number of hydrogen-bond acceptors (Lipinski definition) is 9. The molecule has 0 aromatic carbocycles. The average Bonchev–Trinajstić information content (AvgIpc) is 3.42. The van der Waals surface area contributed by atoms with Crippen molar-refractivity contribution in [2.75, 3.05) is 39.6 Å². The maximum atomic E-state index is 11.7. The van der Waals surface area contributed by atoms with Crippen molar-refractivity contribution in [2.24, 2.45) is 0 Å². The molecule has 0 saturated heterocycles. The van der Waals surface area contributed by atoms with Gasteiger partial charge in [-0.05, 0) is 25.7 Å². The van der Waals surface area contributed by atoms with Crippen LogP contribution in [0.3, 0.4) is 0 Å². The molecule has 12 heteroatoms. The second-order valence-corrected chi connectivity index (χ2v) is 23.3. The van der Waals surface area contributed by atoms with E-state index >= 15 is 0 Å². The van der Waals surface area contributed by atoms with E-state index in [9.17, 15) is 9.79 Å². The molecule has 0 amide bonds. The van der Waals surface area contributed by atoms with E-state index in [0.717, 1.165) is 25.7 Å². The zero-order valence-electron chi connectivity index (χ0n) is 50.8. The molecule has 0 aliphatic carbocycles. The SMILES string of the molecule is C=CCOC(CC)(OCC=C)C(C)[O][Ti+2].CCCCCCCCCCCCCOP([O-])OCCCCCCCCCCCCC.CCCCCCCCCCCCCOP([O-])OCCCCCCCCCCCCC. The van der Waals surface area contributed by atoms with Crippen LogP contribution in [-0.4, -0.2) is 51.5 Å². The van der Waals surface area contributed by atoms with E-state index in [1.165, 1.54) is 257 Å². The van der Waals surface area contributed by atoms with Gasteiger partial charge in [0, 0.05) is 0 Å². The normalized spacial score (nSPS) is 12.0. The van der Waals surface area contributed by atoms with Crippen LogP contribution in [-0.2, 0) is 51.7 Å². The smallest absolute Gasteiger partial charge is 0.0828 e. The quantitative estimate of drug-likeness (QED) is 0.0193. The van der Waals surface area contributed by atoms with Crippen molar-refractivity contribution in [1.82, 2.24) is 0 Å². The second kappa shape index (κ2) is 70.8. The van der Waals surface area contributed by atoms with Crippen molar-refractivity contribution in [2.45, 2.75) is 342 Å². The molecule has 1 unspecified atom stereocenters. The largest absolute Gasteiger partial charge is 0.786 e. The first-order valence-electron chi connectivity index (χ1n) is 32.1. The van der Waals surface area contributed by atoms with Crippen molar-refractivity contribution in [3.63, 3.8) is 0 Å². The first-order chi connectivity index (χ1) is 36.8. The minimum Gasteiger partial charge on any atom is -0.786 e. The molecule has 0 radical (unpaired) electrons. The summed E-state index contributed by atoms with van der Waals surface area (Å²) in [5, 5.41) is 0. The van der Waals surface area contributed by atoms with Gasteiger partial charge in [-0.3, -0.25) is 0 Å². The van der Waals surface area contributed by atoms with Gasteiger partial charge in [0.1, 0.15) is 0 Å². The van der Waals surface area contributed by atoms with E-state index in [4.69, 9.17) is 30.9 Å². The molecule has 0 rings (SSSR count). The minimum atomic E-state index is -1.91. The monoisotopic (exact) mass is 1140 g/mol. The second-order valence-electron chi connectivity index (χ2n) is 21.0. The summed E-state index contributed by atoms with van der Waals surface area (Å²) in [6.07, 6.45) is 61.9. The van der Waals surface area contributed by atoms with E-state index in [1.807, 2.05) is 13.8 Å². The summed E-state index contributed by atoms with van der Waals surface area (Å²) in [5.41, 5.74) is 0. The Morgan fingerprint density at radius 1 is 0.360 bits per heavy atom. The number of hydrogen-bond donors (Lipinski definition) is 0. The first kappa shape index (κ1) is 79.9. The van der Waals surface area contributed by atoms with E-state index in [1.54, 1.807) is 33.0 Å². The Balaban J connectivity index is -0.00000110. The molecule has 0 fully saturated rings. The molecule has 0 N–H and O–H groups in total. The van der Waals surface area contributed by atoms with Crippen LogP contribution in [0.15, 0.2) is 25.3 Å². The topological polar surface area (TPSA) is 111 Å². The maximum Gasteiger partial charge on any atom is 0.0828 e. The molecular weight excluding hydrogens is 1010 g/mol. The maximum absolute atomic E-state index is 11.7. The van der Waals surface area contributed by atoms with Crippen LogP contribution >= 0.6 is 17.2 Å². The summed E-state index contributed by atoms with van der Waals surface area (Å²) < 4.78 is 37.9. The third kappa shape index (κ3) is 65.4. The van der Waals surface area contributed by atoms with Gasteiger partial charge in [0.25, 0.3) is 0 Å². The summed E-state index contributed by atoms with van der Waals surface area (Å²) >= 11 is 1.64. The molecule has 0 aliphatic heterocycles. The summed E-state index contributed by atoms with van der Waals surface area (Å²) in [6.45, 7) is 23.4. The number of ether oxygens (including phenoxy) is 2. The molecule has 1 atom stereocenters. The molecule has 0 bridgehead atoms. The Bertz CT molecular complexity index is 924. The summed E-state index contributed by atoms with van der Waals surface area (Å²) in [6, 6.07) is 0. The fourth-order valence-electron chi connectivity index (χ4n) is 8.95. The van der Waals surface area contributed by atoms with Crippen LogP contribution < -0.4 is 9.79 Å². The van der Waals surface area contributed by atoms with Gasteiger partial charge in [0.05, 0.1) is 43.6 Å². The minimum absolute atomic E-state index is 0.137. The van der Waals surface area contributed by atoms with Gasteiger partial charge < -0.3 is 27.9 Å². The fourth-order valence-corrected chi connectivity index (χ4v) is 10.5. The standard InChI is InChI=1S/2C26H54O3P.C11H19O3.Ti/c2*1-3-5-7-9-11-13-15-17-19-21-23-25-28-30(27)29-26-24-22-20-18-16-14-12-10-8-6-4-2;1-5-8-13-11(7-3,10(4)12)14-9-6-2;/h2*3-26H2,1-2H3;5-6,10H,1-2,7-9H2,3-4H3;/q3*-1;+3. The van der Waals surface area contributed by atoms with Gasteiger partial charge in [-0.25, -0.2) is 0 Å². The van der Waals surface area contributed by atoms with Crippen molar-refractivity contribution >= 4 is 17.2 Å². The van der Waals surface area contributed by atoms with E-state index in [0.29, 0.717) is 46.1 Å². The predicted octanol–water partition coefficient (Wildman–Crippen LogP) is 20.8. The molecule has 9 nitrogen and oxygen atoms in total. The zero-order valence-corrected chi connectivity index (χ0v) is 54.1. The molecule has 0 saturated carbocycles.